The van der Waals surface area contributed by atoms with Crippen molar-refractivity contribution in [3.63, 3.8) is 0 Å². The molecule has 0 saturated heterocycles. The summed E-state index contributed by atoms with van der Waals surface area (Å²) in [5, 5.41) is 13.7. The average Bonchev–Trinajstić information content (AvgIpc) is 2.66. The molecule has 0 aliphatic heterocycles. The Morgan fingerprint density at radius 1 is 1.15 bits per heavy atom. The summed E-state index contributed by atoms with van der Waals surface area (Å²) in [6, 6.07) is 10.4. The van der Waals surface area contributed by atoms with Crippen LogP contribution in [-0.4, -0.2) is 49.4 Å². The summed E-state index contributed by atoms with van der Waals surface area (Å²) in [5.41, 5.74) is 0.667. The number of carbonyl (C=O) groups excluding carboxylic acids is 2. The van der Waals surface area contributed by atoms with Gasteiger partial charge in [-0.25, -0.2) is 0 Å². The van der Waals surface area contributed by atoms with Gasteiger partial charge in [0.15, 0.2) is 12.4 Å². The number of ether oxygens (including phenoxy) is 2. The first-order valence-corrected chi connectivity index (χ1v) is 7.88. The summed E-state index contributed by atoms with van der Waals surface area (Å²) in [5.74, 6) is -0.372. The number of nitro groups is 1. The molecule has 9 nitrogen and oxygen atoms in total. The van der Waals surface area contributed by atoms with Gasteiger partial charge >= 0.3 is 5.69 Å². The first-order chi connectivity index (χ1) is 12.8. The topological polar surface area (TPSA) is 111 Å². The Bertz CT molecular complexity index is 849. The number of methoxy groups -OCH3 is 1. The third kappa shape index (κ3) is 5.18. The molecule has 27 heavy (non-hydrogen) atoms. The minimum absolute atomic E-state index is 0.0390. The molecule has 0 fully saturated rings. The molecular formula is C18H19N3O6. The molecule has 2 rings (SSSR count). The maximum absolute atomic E-state index is 12.0. The second-order valence-electron chi connectivity index (χ2n) is 5.70. The Hall–Kier alpha value is -3.62. The molecule has 0 saturated carbocycles. The predicted molar refractivity (Wildman–Crippen MR) is 98.2 cm³/mol. The molecule has 0 unspecified atom stereocenters. The van der Waals surface area contributed by atoms with Crippen LogP contribution in [0.25, 0.3) is 0 Å². The Kier molecular flexibility index (Phi) is 6.32. The van der Waals surface area contributed by atoms with Crippen molar-refractivity contribution in [3.8, 4) is 11.5 Å². The fourth-order valence-corrected chi connectivity index (χ4v) is 2.18. The lowest BCUT2D eigenvalue weighted by molar-refractivity contribution is -0.385. The zero-order valence-corrected chi connectivity index (χ0v) is 15.1. The van der Waals surface area contributed by atoms with E-state index in [1.807, 2.05) is 0 Å². The fourth-order valence-electron chi connectivity index (χ4n) is 2.18. The van der Waals surface area contributed by atoms with E-state index >= 15 is 0 Å². The van der Waals surface area contributed by atoms with Crippen LogP contribution in [0.5, 0.6) is 11.5 Å². The van der Waals surface area contributed by atoms with Crippen molar-refractivity contribution < 1.29 is 24.0 Å². The fraction of sp³-hybridized carbons (Fsp3) is 0.222. The molecule has 1 N–H and O–H groups in total. The Balaban J connectivity index is 1.99. The van der Waals surface area contributed by atoms with Crippen LogP contribution in [0.1, 0.15) is 10.4 Å². The molecule has 0 radical (unpaired) electrons. The second-order valence-corrected chi connectivity index (χ2v) is 5.70. The first kappa shape index (κ1) is 19.7. The van der Waals surface area contributed by atoms with Crippen molar-refractivity contribution >= 4 is 23.2 Å². The van der Waals surface area contributed by atoms with Crippen LogP contribution in [0.3, 0.4) is 0 Å². The number of benzene rings is 2. The van der Waals surface area contributed by atoms with E-state index in [9.17, 15) is 19.7 Å². The van der Waals surface area contributed by atoms with Gasteiger partial charge in [0, 0.05) is 25.3 Å². The van der Waals surface area contributed by atoms with Crippen LogP contribution in [0.15, 0.2) is 42.5 Å². The predicted octanol–water partition coefficient (Wildman–Crippen LogP) is 2.32. The summed E-state index contributed by atoms with van der Waals surface area (Å²) in [4.78, 5) is 35.8. The number of carbonyl (C=O) groups is 2. The second kappa shape index (κ2) is 8.65. The van der Waals surface area contributed by atoms with Gasteiger partial charge in [0.25, 0.3) is 11.8 Å². The van der Waals surface area contributed by atoms with Crippen molar-refractivity contribution in [2.45, 2.75) is 0 Å². The zero-order chi connectivity index (χ0) is 20.0. The van der Waals surface area contributed by atoms with Gasteiger partial charge in [-0.2, -0.15) is 0 Å². The van der Waals surface area contributed by atoms with E-state index in [1.54, 1.807) is 38.4 Å². The number of anilines is 1. The molecule has 2 amide bonds. The molecule has 0 aliphatic rings. The summed E-state index contributed by atoms with van der Waals surface area (Å²) in [6.45, 7) is -0.411. The van der Waals surface area contributed by atoms with Crippen LogP contribution in [0, 0.1) is 10.1 Å². The van der Waals surface area contributed by atoms with Gasteiger partial charge in [-0.05, 0) is 36.4 Å². The number of hydrogen-bond acceptors (Lipinski definition) is 6. The molecule has 0 atom stereocenters. The van der Waals surface area contributed by atoms with Crippen molar-refractivity contribution in [1.29, 1.82) is 0 Å². The summed E-state index contributed by atoms with van der Waals surface area (Å²) >= 11 is 0. The number of hydrogen-bond donors (Lipinski definition) is 1. The maximum atomic E-state index is 12.0. The number of nitrogens with one attached hydrogen (secondary N) is 1. The maximum Gasteiger partial charge on any atom is 0.314 e. The van der Waals surface area contributed by atoms with Crippen molar-refractivity contribution in [2.75, 3.05) is 33.1 Å². The van der Waals surface area contributed by atoms with Crippen LogP contribution >= 0.6 is 0 Å². The van der Waals surface area contributed by atoms with E-state index in [-0.39, 0.29) is 17.3 Å². The summed E-state index contributed by atoms with van der Waals surface area (Å²) < 4.78 is 10.2. The lowest BCUT2D eigenvalue weighted by Gasteiger charge is -2.11. The molecule has 0 aliphatic carbocycles. The van der Waals surface area contributed by atoms with Gasteiger partial charge < -0.3 is 19.7 Å². The highest BCUT2D eigenvalue weighted by Crippen LogP contribution is 2.30. The Morgan fingerprint density at radius 3 is 2.37 bits per heavy atom. The third-order valence-electron chi connectivity index (χ3n) is 3.54. The van der Waals surface area contributed by atoms with E-state index in [1.165, 1.54) is 30.2 Å². The van der Waals surface area contributed by atoms with Crippen molar-refractivity contribution in [2.24, 2.45) is 0 Å². The number of rotatable bonds is 7. The molecule has 0 heterocycles. The monoisotopic (exact) mass is 373 g/mol. The van der Waals surface area contributed by atoms with Gasteiger partial charge in [0.2, 0.25) is 0 Å². The smallest absolute Gasteiger partial charge is 0.314 e. The molecule has 142 valence electrons. The normalized spacial score (nSPS) is 10.0. The quantitative estimate of drug-likeness (QED) is 0.589. The standard InChI is InChI=1S/C18H19N3O6/c1-20(2)18(23)12-4-6-13(7-5-12)19-17(22)11-27-16-9-8-14(26-3)10-15(16)21(24)25/h4-10H,11H2,1-3H3,(H,19,22). The van der Waals surface area contributed by atoms with E-state index in [4.69, 9.17) is 9.47 Å². The molecule has 0 aromatic heterocycles. The van der Waals surface area contributed by atoms with Crippen LogP contribution < -0.4 is 14.8 Å². The van der Waals surface area contributed by atoms with Crippen molar-refractivity contribution in [1.82, 2.24) is 4.90 Å². The minimum Gasteiger partial charge on any atom is -0.496 e. The van der Waals surface area contributed by atoms with Gasteiger partial charge in [0.05, 0.1) is 18.1 Å². The molecule has 2 aromatic carbocycles. The van der Waals surface area contributed by atoms with Crippen molar-refractivity contribution in [3.05, 3.63) is 58.1 Å². The highest BCUT2D eigenvalue weighted by atomic mass is 16.6. The van der Waals surface area contributed by atoms with Crippen LogP contribution in [0.4, 0.5) is 11.4 Å². The largest absolute Gasteiger partial charge is 0.496 e. The number of nitro benzene ring substituents is 1. The van der Waals surface area contributed by atoms with Crippen LogP contribution in [0.2, 0.25) is 0 Å². The Morgan fingerprint density at radius 2 is 1.81 bits per heavy atom. The minimum atomic E-state index is -0.615. The number of nitrogens with zero attached hydrogens (tertiary/aromatic N) is 2. The third-order valence-corrected chi connectivity index (χ3v) is 3.54. The van der Waals surface area contributed by atoms with E-state index in [0.29, 0.717) is 17.0 Å². The molecule has 0 bridgehead atoms. The Labute approximate surface area is 155 Å². The van der Waals surface area contributed by atoms with Gasteiger partial charge in [-0.15, -0.1) is 0 Å². The zero-order valence-electron chi connectivity index (χ0n) is 15.1. The lowest BCUT2D eigenvalue weighted by Crippen LogP contribution is -2.22. The number of amides is 2. The SMILES string of the molecule is COc1ccc(OCC(=O)Nc2ccc(C(=O)N(C)C)cc2)c([N+](=O)[O-])c1. The van der Waals surface area contributed by atoms with Gasteiger partial charge in [0.1, 0.15) is 5.75 Å². The first-order valence-electron chi connectivity index (χ1n) is 7.88. The molecule has 9 heteroatoms. The molecule has 0 spiro atoms. The summed E-state index contributed by atoms with van der Waals surface area (Å²) in [7, 11) is 4.69. The van der Waals surface area contributed by atoms with E-state index in [2.05, 4.69) is 5.32 Å². The van der Waals surface area contributed by atoms with Gasteiger partial charge in [-0.1, -0.05) is 0 Å². The summed E-state index contributed by atoms with van der Waals surface area (Å²) in [6.07, 6.45) is 0. The highest BCUT2D eigenvalue weighted by molar-refractivity contribution is 5.95. The lowest BCUT2D eigenvalue weighted by atomic mass is 10.2. The molecule has 2 aromatic rings. The molecular weight excluding hydrogens is 354 g/mol. The van der Waals surface area contributed by atoms with E-state index in [0.717, 1.165) is 0 Å². The highest BCUT2D eigenvalue weighted by Gasteiger charge is 2.17. The van der Waals surface area contributed by atoms with E-state index < -0.39 is 17.4 Å². The van der Waals surface area contributed by atoms with Gasteiger partial charge in [-0.3, -0.25) is 19.7 Å². The average molecular weight is 373 g/mol. The van der Waals surface area contributed by atoms with Crippen LogP contribution in [-0.2, 0) is 4.79 Å².